The molecule has 84 valence electrons. The summed E-state index contributed by atoms with van der Waals surface area (Å²) in [6.45, 7) is 6.63. The van der Waals surface area contributed by atoms with E-state index < -0.39 is 0 Å². The van der Waals surface area contributed by atoms with Gasteiger partial charge in [0.15, 0.2) is 0 Å². The number of amides is 1. The molecule has 0 fully saturated rings. The van der Waals surface area contributed by atoms with Crippen LogP contribution in [0.25, 0.3) is 0 Å². The number of hydrogen-bond donors (Lipinski definition) is 2. The minimum absolute atomic E-state index is 0.0381. The highest BCUT2D eigenvalue weighted by atomic mass is 16.1. The number of hydrogen-bond acceptors (Lipinski definition) is 3. The van der Waals surface area contributed by atoms with E-state index in [1.807, 2.05) is 0 Å². The van der Waals surface area contributed by atoms with Crippen molar-refractivity contribution in [3.05, 3.63) is 0 Å². The maximum Gasteiger partial charge on any atom is 0.233 e. The molecular weight excluding hydrogens is 178 g/mol. The number of likely N-dealkylation sites (N-methyl/N-ethyl adjacent to an activating group) is 2. The Morgan fingerprint density at radius 3 is 2.64 bits per heavy atom. The Labute approximate surface area is 87.0 Å². The Morgan fingerprint density at radius 1 is 1.50 bits per heavy atom. The summed E-state index contributed by atoms with van der Waals surface area (Å²) in [4.78, 5) is 13.1. The second kappa shape index (κ2) is 7.76. The maximum absolute atomic E-state index is 10.9. The van der Waals surface area contributed by atoms with E-state index in [0.29, 0.717) is 12.6 Å². The van der Waals surface area contributed by atoms with Crippen LogP contribution in [0.15, 0.2) is 0 Å². The van der Waals surface area contributed by atoms with Crippen LogP contribution in [-0.2, 0) is 4.79 Å². The molecule has 0 aliphatic carbocycles. The van der Waals surface area contributed by atoms with Gasteiger partial charge < -0.3 is 15.5 Å². The molecule has 4 heteroatoms. The number of carbonyl (C=O) groups excluding carboxylic acids is 1. The molecule has 1 unspecified atom stereocenters. The van der Waals surface area contributed by atoms with Crippen LogP contribution in [-0.4, -0.2) is 50.6 Å². The molecule has 0 saturated carbocycles. The topological polar surface area (TPSA) is 44.4 Å². The van der Waals surface area contributed by atoms with E-state index in [0.717, 1.165) is 19.5 Å². The first-order chi connectivity index (χ1) is 6.61. The molecule has 2 N–H and O–H groups in total. The Balaban J connectivity index is 3.40. The Morgan fingerprint density at radius 2 is 2.14 bits per heavy atom. The first-order valence-electron chi connectivity index (χ1n) is 5.23. The number of nitrogens with one attached hydrogen (secondary N) is 2. The monoisotopic (exact) mass is 201 g/mol. The van der Waals surface area contributed by atoms with Gasteiger partial charge in [0.1, 0.15) is 0 Å². The van der Waals surface area contributed by atoms with Crippen LogP contribution < -0.4 is 10.6 Å². The predicted octanol–water partition coefficient (Wildman–Crippen LogP) is 0.0523. The summed E-state index contributed by atoms with van der Waals surface area (Å²) >= 11 is 0. The van der Waals surface area contributed by atoms with Crippen LogP contribution in [0.3, 0.4) is 0 Å². The summed E-state index contributed by atoms with van der Waals surface area (Å²) in [6.07, 6.45) is 1.16. The van der Waals surface area contributed by atoms with Crippen molar-refractivity contribution in [3.63, 3.8) is 0 Å². The van der Waals surface area contributed by atoms with Gasteiger partial charge in [-0.15, -0.1) is 0 Å². The van der Waals surface area contributed by atoms with Crippen LogP contribution in [0.1, 0.15) is 20.3 Å². The molecule has 0 bridgehead atoms. The molecule has 1 atom stereocenters. The third-order valence-electron chi connectivity index (χ3n) is 2.55. The first-order valence-corrected chi connectivity index (χ1v) is 5.23. The molecule has 0 aromatic heterocycles. The summed E-state index contributed by atoms with van der Waals surface area (Å²) in [5, 5.41) is 5.66. The van der Waals surface area contributed by atoms with Gasteiger partial charge in [0.05, 0.1) is 6.54 Å². The standard InChI is InChI=1S/C10H23N3O/c1-5-9(2)13(4)7-6-12-8-10(14)11-3/h9,12H,5-8H2,1-4H3,(H,11,14). The lowest BCUT2D eigenvalue weighted by Crippen LogP contribution is -2.38. The summed E-state index contributed by atoms with van der Waals surface area (Å²) in [5.74, 6) is 0.0381. The van der Waals surface area contributed by atoms with Gasteiger partial charge in [-0.25, -0.2) is 0 Å². The average Bonchev–Trinajstić information content (AvgIpc) is 2.22. The van der Waals surface area contributed by atoms with Gasteiger partial charge in [0.25, 0.3) is 0 Å². The summed E-state index contributed by atoms with van der Waals surface area (Å²) in [6, 6.07) is 0.608. The van der Waals surface area contributed by atoms with Gasteiger partial charge in [0.2, 0.25) is 5.91 Å². The van der Waals surface area contributed by atoms with Crippen LogP contribution in [0.2, 0.25) is 0 Å². The maximum atomic E-state index is 10.9. The lowest BCUT2D eigenvalue weighted by Gasteiger charge is -2.23. The molecule has 0 aromatic rings. The Kier molecular flexibility index (Phi) is 7.42. The fraction of sp³-hybridized carbons (Fsp3) is 0.900. The minimum atomic E-state index is 0.0381. The summed E-state index contributed by atoms with van der Waals surface area (Å²) < 4.78 is 0. The van der Waals surface area contributed by atoms with E-state index in [9.17, 15) is 4.79 Å². The van der Waals surface area contributed by atoms with E-state index in [1.165, 1.54) is 0 Å². The highest BCUT2D eigenvalue weighted by Gasteiger charge is 2.05. The number of carbonyl (C=O) groups is 1. The molecule has 0 heterocycles. The smallest absolute Gasteiger partial charge is 0.233 e. The molecular formula is C10H23N3O. The van der Waals surface area contributed by atoms with Crippen molar-refractivity contribution in [1.82, 2.24) is 15.5 Å². The fourth-order valence-electron chi connectivity index (χ4n) is 1.08. The van der Waals surface area contributed by atoms with Gasteiger partial charge in [-0.1, -0.05) is 6.92 Å². The van der Waals surface area contributed by atoms with E-state index in [4.69, 9.17) is 0 Å². The van der Waals surface area contributed by atoms with Gasteiger partial charge in [-0.05, 0) is 20.4 Å². The number of nitrogens with zero attached hydrogens (tertiary/aromatic N) is 1. The average molecular weight is 201 g/mol. The van der Waals surface area contributed by atoms with E-state index >= 15 is 0 Å². The summed E-state index contributed by atoms with van der Waals surface area (Å²) in [7, 11) is 3.75. The van der Waals surface area contributed by atoms with Crippen LogP contribution in [0.4, 0.5) is 0 Å². The molecule has 0 aromatic carbocycles. The summed E-state index contributed by atoms with van der Waals surface area (Å²) in [5.41, 5.74) is 0. The zero-order valence-corrected chi connectivity index (χ0v) is 9.76. The van der Waals surface area contributed by atoms with Crippen LogP contribution in [0.5, 0.6) is 0 Å². The molecule has 0 spiro atoms. The van der Waals surface area contributed by atoms with Crippen molar-refractivity contribution in [3.8, 4) is 0 Å². The van der Waals surface area contributed by atoms with Crippen molar-refractivity contribution >= 4 is 5.91 Å². The minimum Gasteiger partial charge on any atom is -0.358 e. The predicted molar refractivity (Wildman–Crippen MR) is 59.3 cm³/mol. The quantitative estimate of drug-likeness (QED) is 0.572. The third-order valence-corrected chi connectivity index (χ3v) is 2.55. The molecule has 14 heavy (non-hydrogen) atoms. The highest BCUT2D eigenvalue weighted by molar-refractivity contribution is 5.77. The Hall–Kier alpha value is -0.610. The zero-order valence-electron chi connectivity index (χ0n) is 9.76. The zero-order chi connectivity index (χ0) is 11.0. The largest absolute Gasteiger partial charge is 0.358 e. The van der Waals surface area contributed by atoms with Crippen LogP contribution >= 0.6 is 0 Å². The normalized spacial score (nSPS) is 12.9. The van der Waals surface area contributed by atoms with Crippen molar-refractivity contribution in [2.75, 3.05) is 33.7 Å². The molecule has 0 radical (unpaired) electrons. The molecule has 1 amide bonds. The number of rotatable bonds is 7. The van der Waals surface area contributed by atoms with E-state index in [1.54, 1.807) is 7.05 Å². The van der Waals surface area contributed by atoms with E-state index in [2.05, 4.69) is 36.4 Å². The molecule has 4 nitrogen and oxygen atoms in total. The van der Waals surface area contributed by atoms with Gasteiger partial charge in [-0.2, -0.15) is 0 Å². The van der Waals surface area contributed by atoms with Gasteiger partial charge >= 0.3 is 0 Å². The first kappa shape index (κ1) is 13.4. The Bertz CT molecular complexity index is 161. The third kappa shape index (κ3) is 5.94. The second-order valence-corrected chi connectivity index (χ2v) is 3.59. The van der Waals surface area contributed by atoms with Crippen LogP contribution in [0, 0.1) is 0 Å². The lowest BCUT2D eigenvalue weighted by molar-refractivity contribution is -0.119. The van der Waals surface area contributed by atoms with Gasteiger partial charge in [0, 0.05) is 26.2 Å². The van der Waals surface area contributed by atoms with Crippen molar-refractivity contribution < 1.29 is 4.79 Å². The SMILES string of the molecule is CCC(C)N(C)CCNCC(=O)NC. The highest BCUT2D eigenvalue weighted by Crippen LogP contribution is 1.97. The lowest BCUT2D eigenvalue weighted by atomic mass is 10.2. The second-order valence-electron chi connectivity index (χ2n) is 3.59. The fourth-order valence-corrected chi connectivity index (χ4v) is 1.08. The van der Waals surface area contributed by atoms with Gasteiger partial charge in [-0.3, -0.25) is 4.79 Å². The van der Waals surface area contributed by atoms with E-state index in [-0.39, 0.29) is 5.91 Å². The molecule has 0 aliphatic heterocycles. The van der Waals surface area contributed by atoms with Crippen molar-refractivity contribution in [1.29, 1.82) is 0 Å². The molecule has 0 aliphatic rings. The molecule has 0 rings (SSSR count). The van der Waals surface area contributed by atoms with Crippen molar-refractivity contribution in [2.45, 2.75) is 26.3 Å². The van der Waals surface area contributed by atoms with Crippen molar-refractivity contribution in [2.24, 2.45) is 0 Å². The molecule has 0 saturated heterocycles.